The fourth-order valence-electron chi connectivity index (χ4n) is 7.86. The molecule has 6 heteroatoms. The van der Waals surface area contributed by atoms with Crippen LogP contribution in [0.1, 0.15) is 291 Å². The van der Waals surface area contributed by atoms with Crippen molar-refractivity contribution in [2.24, 2.45) is 5.92 Å². The van der Waals surface area contributed by atoms with Crippen molar-refractivity contribution in [2.75, 3.05) is 13.2 Å². The van der Waals surface area contributed by atoms with E-state index in [0.717, 1.165) is 63.7 Å². The molecule has 0 unspecified atom stereocenters. The zero-order valence-corrected chi connectivity index (χ0v) is 39.5. The highest BCUT2D eigenvalue weighted by Crippen LogP contribution is 2.17. The molecule has 0 spiro atoms. The largest absolute Gasteiger partial charge is 0.462 e. The molecule has 0 N–H and O–H groups in total. The van der Waals surface area contributed by atoms with Crippen LogP contribution in [0.5, 0.6) is 0 Å². The number of carbonyl (C=O) groups excluding carboxylic acids is 3. The Bertz CT molecular complexity index is 872. The Morgan fingerprint density at radius 1 is 0.328 bits per heavy atom. The van der Waals surface area contributed by atoms with E-state index in [4.69, 9.17) is 14.2 Å². The lowest BCUT2D eigenvalue weighted by molar-refractivity contribution is -0.167. The maximum Gasteiger partial charge on any atom is 0.306 e. The number of carbonyl (C=O) groups is 3. The first kappa shape index (κ1) is 56.4. The molecule has 0 fully saturated rings. The molecule has 0 aromatic carbocycles. The summed E-state index contributed by atoms with van der Waals surface area (Å²) in [6.45, 7) is 9.00. The Kier molecular flexibility index (Phi) is 45.2. The SMILES string of the molecule is CCCCCCCCCCCCCCCCCC(=O)O[C@@H](COC(=O)CCCCCCCCC)COC(=O)CCCCCCCCCCCCCCCCCC(C)C. The standard InChI is InChI=1S/C52H100O6/c1-5-7-9-11-13-14-15-16-18-23-26-29-33-37-41-45-52(55)58-49(46-56-50(53)43-39-35-30-12-10-8-6-2)47-57-51(54)44-40-36-32-28-25-22-20-17-19-21-24-27-31-34-38-42-48(3)4/h48-49H,5-47H2,1-4H3/t49-/m0/s1. The lowest BCUT2D eigenvalue weighted by Gasteiger charge is -2.18. The van der Waals surface area contributed by atoms with Crippen molar-refractivity contribution in [1.82, 2.24) is 0 Å². The molecule has 0 aromatic rings. The van der Waals surface area contributed by atoms with Gasteiger partial charge in [0, 0.05) is 19.3 Å². The minimum Gasteiger partial charge on any atom is -0.462 e. The quantitative estimate of drug-likeness (QED) is 0.0346. The van der Waals surface area contributed by atoms with Crippen LogP contribution in [0.2, 0.25) is 0 Å². The summed E-state index contributed by atoms with van der Waals surface area (Å²) >= 11 is 0. The molecule has 58 heavy (non-hydrogen) atoms. The van der Waals surface area contributed by atoms with E-state index < -0.39 is 6.10 Å². The highest BCUT2D eigenvalue weighted by Gasteiger charge is 2.19. The fourth-order valence-corrected chi connectivity index (χ4v) is 7.86. The zero-order chi connectivity index (χ0) is 42.4. The first-order valence-electron chi connectivity index (χ1n) is 25.9. The molecule has 0 aliphatic heterocycles. The molecule has 0 saturated heterocycles. The van der Waals surface area contributed by atoms with Crippen LogP contribution in [-0.4, -0.2) is 37.2 Å². The molecule has 0 radical (unpaired) electrons. The fraction of sp³-hybridized carbons (Fsp3) is 0.942. The number of hydrogen-bond donors (Lipinski definition) is 0. The normalized spacial score (nSPS) is 11.9. The Morgan fingerprint density at radius 3 is 0.845 bits per heavy atom. The van der Waals surface area contributed by atoms with Crippen LogP contribution in [0.3, 0.4) is 0 Å². The second kappa shape index (κ2) is 46.5. The predicted octanol–water partition coefficient (Wildman–Crippen LogP) is 16.7. The molecule has 0 saturated carbocycles. The van der Waals surface area contributed by atoms with Crippen LogP contribution in [0.25, 0.3) is 0 Å². The van der Waals surface area contributed by atoms with Crippen LogP contribution in [0.15, 0.2) is 0 Å². The van der Waals surface area contributed by atoms with Gasteiger partial charge in [-0.3, -0.25) is 14.4 Å². The summed E-state index contributed by atoms with van der Waals surface area (Å²) in [5.41, 5.74) is 0. The van der Waals surface area contributed by atoms with E-state index in [-0.39, 0.29) is 31.1 Å². The molecule has 0 aliphatic carbocycles. The lowest BCUT2D eigenvalue weighted by atomic mass is 10.0. The van der Waals surface area contributed by atoms with Crippen LogP contribution in [-0.2, 0) is 28.6 Å². The average Bonchev–Trinajstić information content (AvgIpc) is 3.21. The Balaban J connectivity index is 4.18. The van der Waals surface area contributed by atoms with E-state index in [9.17, 15) is 14.4 Å². The molecule has 1 atom stereocenters. The number of ether oxygens (including phenoxy) is 3. The Morgan fingerprint density at radius 2 is 0.569 bits per heavy atom. The van der Waals surface area contributed by atoms with Gasteiger partial charge < -0.3 is 14.2 Å². The minimum absolute atomic E-state index is 0.0631. The molecule has 0 bridgehead atoms. The van der Waals surface area contributed by atoms with E-state index >= 15 is 0 Å². The second-order valence-corrected chi connectivity index (χ2v) is 18.3. The van der Waals surface area contributed by atoms with Crippen LogP contribution < -0.4 is 0 Å². The third-order valence-corrected chi connectivity index (χ3v) is 11.8. The average molecular weight is 821 g/mol. The summed E-state index contributed by atoms with van der Waals surface area (Å²) in [7, 11) is 0. The van der Waals surface area contributed by atoms with Gasteiger partial charge in [0.2, 0.25) is 0 Å². The summed E-state index contributed by atoms with van der Waals surface area (Å²) in [6, 6.07) is 0. The van der Waals surface area contributed by atoms with Crippen molar-refractivity contribution in [1.29, 1.82) is 0 Å². The van der Waals surface area contributed by atoms with Gasteiger partial charge in [0.15, 0.2) is 6.10 Å². The van der Waals surface area contributed by atoms with Gasteiger partial charge in [0.25, 0.3) is 0 Å². The highest BCUT2D eigenvalue weighted by molar-refractivity contribution is 5.71. The summed E-state index contributed by atoms with van der Waals surface area (Å²) in [5, 5.41) is 0. The topological polar surface area (TPSA) is 78.9 Å². The van der Waals surface area contributed by atoms with Gasteiger partial charge in [-0.1, -0.05) is 252 Å². The van der Waals surface area contributed by atoms with Crippen LogP contribution >= 0.6 is 0 Å². The predicted molar refractivity (Wildman–Crippen MR) is 247 cm³/mol. The number of esters is 3. The summed E-state index contributed by atoms with van der Waals surface area (Å²) in [5.74, 6) is -0.00152. The summed E-state index contributed by atoms with van der Waals surface area (Å²) in [4.78, 5) is 37.8. The first-order valence-corrected chi connectivity index (χ1v) is 25.9. The molecule has 0 aliphatic rings. The lowest BCUT2D eigenvalue weighted by Crippen LogP contribution is -2.30. The van der Waals surface area contributed by atoms with Gasteiger partial charge in [0.1, 0.15) is 13.2 Å². The third kappa shape index (κ3) is 45.5. The first-order chi connectivity index (χ1) is 28.4. The van der Waals surface area contributed by atoms with Crippen molar-refractivity contribution >= 4 is 17.9 Å². The van der Waals surface area contributed by atoms with Crippen molar-refractivity contribution in [3.8, 4) is 0 Å². The van der Waals surface area contributed by atoms with E-state index in [1.807, 2.05) is 0 Å². The molecular weight excluding hydrogens is 721 g/mol. The smallest absolute Gasteiger partial charge is 0.306 e. The molecular formula is C52H100O6. The van der Waals surface area contributed by atoms with Gasteiger partial charge in [-0.2, -0.15) is 0 Å². The minimum atomic E-state index is -0.759. The summed E-state index contributed by atoms with van der Waals surface area (Å²) in [6.07, 6.45) is 48.1. The third-order valence-electron chi connectivity index (χ3n) is 11.8. The zero-order valence-electron chi connectivity index (χ0n) is 39.5. The second-order valence-electron chi connectivity index (χ2n) is 18.3. The Hall–Kier alpha value is -1.59. The summed E-state index contributed by atoms with van der Waals surface area (Å²) < 4.78 is 16.7. The van der Waals surface area contributed by atoms with Gasteiger partial charge in [-0.05, 0) is 25.2 Å². The maximum atomic E-state index is 12.7. The molecule has 344 valence electrons. The molecule has 6 nitrogen and oxygen atoms in total. The number of hydrogen-bond acceptors (Lipinski definition) is 6. The maximum absolute atomic E-state index is 12.7. The van der Waals surface area contributed by atoms with E-state index in [1.165, 1.54) is 186 Å². The van der Waals surface area contributed by atoms with E-state index in [1.54, 1.807) is 0 Å². The Labute approximate surface area is 361 Å². The molecule has 0 heterocycles. The molecule has 0 amide bonds. The molecule has 0 aromatic heterocycles. The van der Waals surface area contributed by atoms with E-state index in [0.29, 0.717) is 19.3 Å². The van der Waals surface area contributed by atoms with Gasteiger partial charge in [-0.25, -0.2) is 0 Å². The van der Waals surface area contributed by atoms with Gasteiger partial charge >= 0.3 is 17.9 Å². The van der Waals surface area contributed by atoms with Crippen molar-refractivity contribution in [3.63, 3.8) is 0 Å². The van der Waals surface area contributed by atoms with E-state index in [2.05, 4.69) is 27.7 Å². The number of rotatable bonds is 47. The monoisotopic (exact) mass is 821 g/mol. The number of unbranched alkanes of at least 4 members (excludes halogenated alkanes) is 34. The van der Waals surface area contributed by atoms with Gasteiger partial charge in [0.05, 0.1) is 0 Å². The van der Waals surface area contributed by atoms with Crippen molar-refractivity contribution in [2.45, 2.75) is 297 Å². The van der Waals surface area contributed by atoms with Crippen LogP contribution in [0, 0.1) is 5.92 Å². The van der Waals surface area contributed by atoms with Crippen LogP contribution in [0.4, 0.5) is 0 Å². The molecule has 0 rings (SSSR count). The van der Waals surface area contributed by atoms with Crippen molar-refractivity contribution < 1.29 is 28.6 Å². The highest BCUT2D eigenvalue weighted by atomic mass is 16.6. The van der Waals surface area contributed by atoms with Crippen molar-refractivity contribution in [3.05, 3.63) is 0 Å². The van der Waals surface area contributed by atoms with Gasteiger partial charge in [-0.15, -0.1) is 0 Å².